The first-order chi connectivity index (χ1) is 9.69. The average Bonchev–Trinajstić information content (AvgIpc) is 3.15. The summed E-state index contributed by atoms with van der Waals surface area (Å²) in [4.78, 5) is 6.49. The summed E-state index contributed by atoms with van der Waals surface area (Å²) < 4.78 is 5.65. The summed E-state index contributed by atoms with van der Waals surface area (Å²) in [6.45, 7) is 5.53. The third-order valence-corrected chi connectivity index (χ3v) is 5.61. The van der Waals surface area contributed by atoms with Crippen LogP contribution in [0.25, 0.3) is 0 Å². The number of aromatic nitrogens is 1. The molecule has 2 aliphatic carbocycles. The van der Waals surface area contributed by atoms with Crippen molar-refractivity contribution in [3.05, 3.63) is 15.6 Å². The molecule has 20 heavy (non-hydrogen) atoms. The first kappa shape index (κ1) is 14.5. The zero-order valence-corrected chi connectivity index (χ0v) is 13.6. The maximum Gasteiger partial charge on any atom is 0.122 e. The molecule has 1 aromatic rings. The van der Waals surface area contributed by atoms with Crippen LogP contribution in [0.1, 0.15) is 67.1 Å². The molecular formula is C16H26N2OS. The number of rotatable bonds is 6. The molecule has 0 amide bonds. The fraction of sp³-hybridized carbons (Fsp3) is 0.812. The summed E-state index contributed by atoms with van der Waals surface area (Å²) >= 11 is 1.89. The van der Waals surface area contributed by atoms with Gasteiger partial charge in [0.2, 0.25) is 0 Å². The fourth-order valence-corrected chi connectivity index (χ4v) is 4.55. The van der Waals surface area contributed by atoms with E-state index in [9.17, 15) is 0 Å². The number of nitrogens with zero attached hydrogens (tertiary/aromatic N) is 1. The van der Waals surface area contributed by atoms with Crippen LogP contribution in [0.5, 0.6) is 0 Å². The summed E-state index contributed by atoms with van der Waals surface area (Å²) in [5, 5.41) is 4.86. The molecule has 4 heteroatoms. The Kier molecular flexibility index (Phi) is 4.43. The van der Waals surface area contributed by atoms with E-state index in [0.29, 0.717) is 11.8 Å². The molecule has 2 unspecified atom stereocenters. The minimum atomic E-state index is 0.155. The summed E-state index contributed by atoms with van der Waals surface area (Å²) in [7, 11) is 1.80. The van der Waals surface area contributed by atoms with Gasteiger partial charge in [0.15, 0.2) is 0 Å². The number of methoxy groups -OCH3 is 1. The van der Waals surface area contributed by atoms with Gasteiger partial charge in [-0.3, -0.25) is 0 Å². The molecule has 0 saturated heterocycles. The van der Waals surface area contributed by atoms with Gasteiger partial charge in [0.05, 0.1) is 5.69 Å². The van der Waals surface area contributed by atoms with Gasteiger partial charge in [0.1, 0.15) is 11.1 Å². The highest BCUT2D eigenvalue weighted by atomic mass is 32.1. The summed E-state index contributed by atoms with van der Waals surface area (Å²) in [5.74, 6) is 1.10. The molecule has 112 valence electrons. The van der Waals surface area contributed by atoms with Crippen LogP contribution in [0.2, 0.25) is 0 Å². The maximum atomic E-state index is 5.65. The monoisotopic (exact) mass is 294 g/mol. The first-order valence-electron chi connectivity index (χ1n) is 7.94. The Morgan fingerprint density at radius 1 is 1.35 bits per heavy atom. The molecule has 1 saturated carbocycles. The lowest BCUT2D eigenvalue weighted by atomic mass is 9.91. The zero-order chi connectivity index (χ0) is 14.1. The van der Waals surface area contributed by atoms with Gasteiger partial charge in [0.25, 0.3) is 0 Å². The molecule has 1 fully saturated rings. The molecule has 3 nitrogen and oxygen atoms in total. The van der Waals surface area contributed by atoms with E-state index in [1.54, 1.807) is 7.11 Å². The average molecular weight is 294 g/mol. The molecule has 1 heterocycles. The molecule has 1 N–H and O–H groups in total. The predicted molar refractivity (Wildman–Crippen MR) is 83.4 cm³/mol. The molecule has 0 aromatic carbocycles. The van der Waals surface area contributed by atoms with E-state index in [-0.39, 0.29) is 6.10 Å². The van der Waals surface area contributed by atoms with Crippen LogP contribution >= 0.6 is 11.3 Å². The van der Waals surface area contributed by atoms with Gasteiger partial charge >= 0.3 is 0 Å². The largest absolute Gasteiger partial charge is 0.374 e. The number of hydrogen-bond acceptors (Lipinski definition) is 4. The fourth-order valence-electron chi connectivity index (χ4n) is 3.10. The SMILES string of the molecule is COC(c1nc2c(s1)CCCC2CNC1CC1)C(C)C. The van der Waals surface area contributed by atoms with Crippen molar-refractivity contribution in [1.29, 1.82) is 0 Å². The van der Waals surface area contributed by atoms with E-state index in [0.717, 1.165) is 12.6 Å². The van der Waals surface area contributed by atoms with Gasteiger partial charge in [0, 0.05) is 30.5 Å². The summed E-state index contributed by atoms with van der Waals surface area (Å²) in [6.07, 6.45) is 6.69. The van der Waals surface area contributed by atoms with Gasteiger partial charge < -0.3 is 10.1 Å². The number of hydrogen-bond donors (Lipinski definition) is 1. The van der Waals surface area contributed by atoms with Crippen LogP contribution in [0.4, 0.5) is 0 Å². The van der Waals surface area contributed by atoms with Crippen molar-refractivity contribution in [2.45, 2.75) is 64.0 Å². The van der Waals surface area contributed by atoms with Crippen LogP contribution in [0, 0.1) is 5.92 Å². The summed E-state index contributed by atoms with van der Waals surface area (Å²) in [5.41, 5.74) is 1.37. The Bertz CT molecular complexity index is 453. The Labute approximate surface area is 126 Å². The quantitative estimate of drug-likeness (QED) is 0.869. The number of nitrogens with one attached hydrogen (secondary N) is 1. The van der Waals surface area contributed by atoms with Crippen molar-refractivity contribution in [2.24, 2.45) is 5.92 Å². The topological polar surface area (TPSA) is 34.1 Å². The standard InChI is InChI=1S/C16H26N2OS/c1-10(2)15(19-3)16-18-14-11(9-17-12-7-8-12)5-4-6-13(14)20-16/h10-12,15,17H,4-9H2,1-3H3. The highest BCUT2D eigenvalue weighted by Crippen LogP contribution is 2.38. The van der Waals surface area contributed by atoms with Gasteiger partial charge in [-0.1, -0.05) is 13.8 Å². The van der Waals surface area contributed by atoms with Crippen molar-refractivity contribution in [3.8, 4) is 0 Å². The lowest BCUT2D eigenvalue weighted by molar-refractivity contribution is 0.0642. The van der Waals surface area contributed by atoms with Crippen molar-refractivity contribution < 1.29 is 4.74 Å². The molecule has 3 rings (SSSR count). The highest BCUT2D eigenvalue weighted by Gasteiger charge is 2.29. The Morgan fingerprint density at radius 3 is 2.80 bits per heavy atom. The van der Waals surface area contributed by atoms with Crippen molar-refractivity contribution >= 4 is 11.3 Å². The first-order valence-corrected chi connectivity index (χ1v) is 8.76. The Hall–Kier alpha value is -0.450. The normalized spacial score (nSPS) is 23.9. The van der Waals surface area contributed by atoms with E-state index < -0.39 is 0 Å². The predicted octanol–water partition coefficient (Wildman–Crippen LogP) is 3.66. The van der Waals surface area contributed by atoms with Gasteiger partial charge in [-0.05, 0) is 38.0 Å². The number of aryl methyl sites for hydroxylation is 1. The van der Waals surface area contributed by atoms with Gasteiger partial charge in [-0.2, -0.15) is 0 Å². The minimum absolute atomic E-state index is 0.155. The second-order valence-electron chi connectivity index (χ2n) is 6.53. The molecule has 0 bridgehead atoms. The molecule has 2 atom stereocenters. The second kappa shape index (κ2) is 6.12. The van der Waals surface area contributed by atoms with E-state index in [1.807, 2.05) is 11.3 Å². The Balaban J connectivity index is 1.76. The van der Waals surface area contributed by atoms with Crippen LogP contribution < -0.4 is 5.32 Å². The number of ether oxygens (including phenoxy) is 1. The van der Waals surface area contributed by atoms with Crippen molar-refractivity contribution in [3.63, 3.8) is 0 Å². The molecular weight excluding hydrogens is 268 g/mol. The van der Waals surface area contributed by atoms with Crippen LogP contribution in [0.15, 0.2) is 0 Å². The van der Waals surface area contributed by atoms with E-state index in [4.69, 9.17) is 9.72 Å². The lowest BCUT2D eigenvalue weighted by Crippen LogP contribution is -2.26. The van der Waals surface area contributed by atoms with E-state index in [1.165, 1.54) is 47.7 Å². The number of thiazole rings is 1. The van der Waals surface area contributed by atoms with E-state index in [2.05, 4.69) is 19.2 Å². The molecule has 2 aliphatic rings. The number of fused-ring (bicyclic) bond motifs is 1. The molecule has 0 aliphatic heterocycles. The van der Waals surface area contributed by atoms with E-state index >= 15 is 0 Å². The smallest absolute Gasteiger partial charge is 0.122 e. The molecule has 0 spiro atoms. The van der Waals surface area contributed by atoms with Crippen LogP contribution in [0.3, 0.4) is 0 Å². The zero-order valence-electron chi connectivity index (χ0n) is 12.8. The van der Waals surface area contributed by atoms with Crippen molar-refractivity contribution in [2.75, 3.05) is 13.7 Å². The molecule has 0 radical (unpaired) electrons. The van der Waals surface area contributed by atoms with Gasteiger partial charge in [-0.25, -0.2) is 4.98 Å². The third-order valence-electron chi connectivity index (χ3n) is 4.42. The van der Waals surface area contributed by atoms with Gasteiger partial charge in [-0.15, -0.1) is 11.3 Å². The lowest BCUT2D eigenvalue weighted by Gasteiger charge is -2.21. The van der Waals surface area contributed by atoms with Crippen molar-refractivity contribution in [1.82, 2.24) is 10.3 Å². The van der Waals surface area contributed by atoms with Crippen LogP contribution in [-0.2, 0) is 11.2 Å². The maximum absolute atomic E-state index is 5.65. The second-order valence-corrected chi connectivity index (χ2v) is 7.65. The third kappa shape index (κ3) is 3.07. The van der Waals surface area contributed by atoms with Crippen LogP contribution in [-0.4, -0.2) is 24.7 Å². The minimum Gasteiger partial charge on any atom is -0.374 e. The summed E-state index contributed by atoms with van der Waals surface area (Å²) in [6, 6.07) is 0.792. The highest BCUT2D eigenvalue weighted by molar-refractivity contribution is 7.11. The Morgan fingerprint density at radius 2 is 2.15 bits per heavy atom. The molecule has 1 aromatic heterocycles.